The number of aryl methyl sites for hydroxylation is 2. The van der Waals surface area contributed by atoms with Crippen LogP contribution in [0.4, 0.5) is 0 Å². The molecule has 1 atom stereocenters. The fourth-order valence-corrected chi connectivity index (χ4v) is 3.34. The Morgan fingerprint density at radius 1 is 1.35 bits per heavy atom. The minimum Gasteiger partial charge on any atom is -0.370 e. The van der Waals surface area contributed by atoms with E-state index in [0.29, 0.717) is 12.0 Å². The Kier molecular flexibility index (Phi) is 8.91. The van der Waals surface area contributed by atoms with E-state index in [9.17, 15) is 0 Å². The van der Waals surface area contributed by atoms with E-state index in [2.05, 4.69) is 54.2 Å². The van der Waals surface area contributed by atoms with E-state index in [1.54, 1.807) is 0 Å². The Hall–Kier alpha value is -0.820. The van der Waals surface area contributed by atoms with Crippen molar-refractivity contribution in [3.63, 3.8) is 0 Å². The Morgan fingerprint density at radius 3 is 2.70 bits per heavy atom. The van der Waals surface area contributed by atoms with Gasteiger partial charge in [-0.3, -0.25) is 9.89 Å². The number of likely N-dealkylation sites (tertiary alicyclic amines) is 1. The van der Waals surface area contributed by atoms with Gasteiger partial charge in [0.1, 0.15) is 0 Å². The van der Waals surface area contributed by atoms with E-state index >= 15 is 0 Å². The van der Waals surface area contributed by atoms with Crippen molar-refractivity contribution in [1.82, 2.24) is 10.2 Å². The molecular formula is C18H31IN4. The summed E-state index contributed by atoms with van der Waals surface area (Å²) in [5.41, 5.74) is 10.1. The molecule has 0 bridgehead atoms. The third-order valence-corrected chi connectivity index (χ3v) is 4.70. The first-order valence-electron chi connectivity index (χ1n) is 8.44. The van der Waals surface area contributed by atoms with Crippen LogP contribution in [0.1, 0.15) is 36.5 Å². The first-order chi connectivity index (χ1) is 10.6. The number of likely N-dealkylation sites (N-methyl/N-ethyl adjacent to an activating group) is 1. The number of hydrogen-bond donors (Lipinski definition) is 2. The molecule has 1 unspecified atom stereocenters. The van der Waals surface area contributed by atoms with Gasteiger partial charge in [0.2, 0.25) is 0 Å². The normalized spacial score (nSPS) is 18.7. The fraction of sp³-hybridized carbons (Fsp3) is 0.611. The lowest BCUT2D eigenvalue weighted by molar-refractivity contribution is 0.273. The van der Waals surface area contributed by atoms with Crippen LogP contribution in [0.2, 0.25) is 0 Å². The van der Waals surface area contributed by atoms with Gasteiger partial charge in [-0.15, -0.1) is 24.0 Å². The number of halogens is 1. The average Bonchev–Trinajstić information content (AvgIpc) is 2.95. The summed E-state index contributed by atoms with van der Waals surface area (Å²) in [6, 6.07) is 7.01. The first kappa shape index (κ1) is 20.2. The largest absolute Gasteiger partial charge is 0.370 e. The molecule has 1 heterocycles. The van der Waals surface area contributed by atoms with Gasteiger partial charge in [0.25, 0.3) is 0 Å². The van der Waals surface area contributed by atoms with Crippen LogP contribution in [0.5, 0.6) is 0 Å². The van der Waals surface area contributed by atoms with Crippen molar-refractivity contribution in [1.29, 1.82) is 0 Å². The lowest BCUT2D eigenvalue weighted by Crippen LogP contribution is -2.36. The van der Waals surface area contributed by atoms with Crippen LogP contribution in [0, 0.1) is 13.8 Å². The molecule has 0 aromatic heterocycles. The highest BCUT2D eigenvalue weighted by atomic mass is 127. The molecule has 3 N–H and O–H groups in total. The van der Waals surface area contributed by atoms with Crippen molar-refractivity contribution < 1.29 is 0 Å². The molecule has 1 fully saturated rings. The lowest BCUT2D eigenvalue weighted by Gasteiger charge is -2.21. The van der Waals surface area contributed by atoms with Crippen LogP contribution < -0.4 is 11.1 Å². The quantitative estimate of drug-likeness (QED) is 0.415. The van der Waals surface area contributed by atoms with E-state index in [0.717, 1.165) is 26.1 Å². The summed E-state index contributed by atoms with van der Waals surface area (Å²) in [6.07, 6.45) is 3.51. The fourth-order valence-electron chi connectivity index (χ4n) is 3.34. The average molecular weight is 430 g/mol. The molecule has 1 aromatic rings. The zero-order valence-corrected chi connectivity index (χ0v) is 17.0. The molecule has 1 aliphatic heterocycles. The van der Waals surface area contributed by atoms with E-state index in [4.69, 9.17) is 5.73 Å². The molecule has 1 aliphatic rings. The topological polar surface area (TPSA) is 53.6 Å². The predicted molar refractivity (Wildman–Crippen MR) is 110 cm³/mol. The summed E-state index contributed by atoms with van der Waals surface area (Å²) in [5, 5.41) is 3.25. The zero-order chi connectivity index (χ0) is 15.9. The zero-order valence-electron chi connectivity index (χ0n) is 14.6. The van der Waals surface area contributed by atoms with Crippen molar-refractivity contribution in [2.24, 2.45) is 10.7 Å². The lowest BCUT2D eigenvalue weighted by atomic mass is 10.0. The molecule has 0 spiro atoms. The second-order valence-corrected chi connectivity index (χ2v) is 6.20. The van der Waals surface area contributed by atoms with Crippen LogP contribution in [0.25, 0.3) is 0 Å². The number of rotatable bonds is 6. The predicted octanol–water partition coefficient (Wildman–Crippen LogP) is 2.85. The number of nitrogens with two attached hydrogens (primary N) is 1. The van der Waals surface area contributed by atoms with Gasteiger partial charge in [-0.1, -0.05) is 25.1 Å². The molecular weight excluding hydrogens is 399 g/mol. The smallest absolute Gasteiger partial charge is 0.188 e. The first-order valence-corrected chi connectivity index (χ1v) is 8.44. The molecule has 1 aromatic carbocycles. The summed E-state index contributed by atoms with van der Waals surface area (Å²) >= 11 is 0. The van der Waals surface area contributed by atoms with Gasteiger partial charge >= 0.3 is 0 Å². The van der Waals surface area contributed by atoms with E-state index in [1.807, 2.05) is 0 Å². The summed E-state index contributed by atoms with van der Waals surface area (Å²) in [7, 11) is 0. The second kappa shape index (κ2) is 10.1. The molecule has 23 heavy (non-hydrogen) atoms. The highest BCUT2D eigenvalue weighted by molar-refractivity contribution is 14.0. The van der Waals surface area contributed by atoms with Crippen LogP contribution in [-0.4, -0.2) is 43.1 Å². The van der Waals surface area contributed by atoms with Crippen molar-refractivity contribution in [2.45, 2.75) is 46.1 Å². The molecule has 0 radical (unpaired) electrons. The van der Waals surface area contributed by atoms with Gasteiger partial charge in [-0.25, -0.2) is 0 Å². The Labute approximate surface area is 157 Å². The maximum absolute atomic E-state index is 6.00. The van der Waals surface area contributed by atoms with Crippen molar-refractivity contribution in [2.75, 3.05) is 26.2 Å². The number of benzene rings is 1. The van der Waals surface area contributed by atoms with Crippen molar-refractivity contribution in [3.8, 4) is 0 Å². The van der Waals surface area contributed by atoms with Gasteiger partial charge in [-0.05, 0) is 62.9 Å². The number of nitrogens with zero attached hydrogens (tertiary/aromatic N) is 2. The van der Waals surface area contributed by atoms with Crippen LogP contribution in [0.15, 0.2) is 23.2 Å². The Bertz CT molecular complexity index is 495. The molecule has 130 valence electrons. The molecule has 0 aliphatic carbocycles. The molecule has 0 saturated carbocycles. The number of guanidine groups is 1. The molecule has 5 heteroatoms. The van der Waals surface area contributed by atoms with Gasteiger partial charge in [0, 0.05) is 12.6 Å². The third-order valence-electron chi connectivity index (χ3n) is 4.70. The van der Waals surface area contributed by atoms with Crippen LogP contribution in [-0.2, 0) is 6.42 Å². The molecule has 4 nitrogen and oxygen atoms in total. The number of nitrogens with one attached hydrogen (secondary N) is 1. The molecule has 0 amide bonds. The summed E-state index contributed by atoms with van der Waals surface area (Å²) in [6.45, 7) is 10.5. The standard InChI is InChI=1S/C18H30N4.HI/c1-4-22-12-6-9-16(22)13-21-18(19)20-11-10-17-14(2)7-5-8-15(17)3;/h5,7-8,16H,4,6,9-13H2,1-3H3,(H3,19,20,21);1H. The minimum absolute atomic E-state index is 0. The van der Waals surface area contributed by atoms with E-state index in [1.165, 1.54) is 36.1 Å². The van der Waals surface area contributed by atoms with Gasteiger partial charge in [0.15, 0.2) is 5.96 Å². The van der Waals surface area contributed by atoms with Crippen molar-refractivity contribution in [3.05, 3.63) is 34.9 Å². The number of hydrogen-bond acceptors (Lipinski definition) is 2. The SMILES string of the molecule is CCN1CCCC1CN=C(N)NCCc1c(C)cccc1C.I. The van der Waals surface area contributed by atoms with E-state index < -0.39 is 0 Å². The Balaban J connectivity index is 0.00000264. The van der Waals surface area contributed by atoms with Gasteiger partial charge in [-0.2, -0.15) is 0 Å². The maximum atomic E-state index is 6.00. The molecule has 1 saturated heterocycles. The summed E-state index contributed by atoms with van der Waals surface area (Å²) in [5.74, 6) is 0.578. The Morgan fingerprint density at radius 2 is 2.04 bits per heavy atom. The highest BCUT2D eigenvalue weighted by Crippen LogP contribution is 2.16. The van der Waals surface area contributed by atoms with Gasteiger partial charge < -0.3 is 11.1 Å². The minimum atomic E-state index is 0. The van der Waals surface area contributed by atoms with Crippen LogP contribution in [0.3, 0.4) is 0 Å². The maximum Gasteiger partial charge on any atom is 0.188 e. The summed E-state index contributed by atoms with van der Waals surface area (Å²) < 4.78 is 0. The van der Waals surface area contributed by atoms with E-state index in [-0.39, 0.29) is 24.0 Å². The highest BCUT2D eigenvalue weighted by Gasteiger charge is 2.22. The van der Waals surface area contributed by atoms with Crippen LogP contribution >= 0.6 is 24.0 Å². The summed E-state index contributed by atoms with van der Waals surface area (Å²) in [4.78, 5) is 7.02. The molecule has 2 rings (SSSR count). The number of aliphatic imine (C=N–C) groups is 1. The third kappa shape index (κ3) is 5.95. The second-order valence-electron chi connectivity index (χ2n) is 6.20. The van der Waals surface area contributed by atoms with Gasteiger partial charge in [0.05, 0.1) is 6.54 Å². The van der Waals surface area contributed by atoms with Crippen molar-refractivity contribution >= 4 is 29.9 Å². The monoisotopic (exact) mass is 430 g/mol.